The van der Waals surface area contributed by atoms with E-state index in [0.717, 1.165) is 10.7 Å². The van der Waals surface area contributed by atoms with Crippen molar-refractivity contribution in [1.29, 1.82) is 0 Å². The number of carbonyl (C=O) groups excluding carboxylic acids is 1. The fraction of sp³-hybridized carbons (Fsp3) is 0.333. The number of nitrogens with zero attached hydrogens (tertiary/aromatic N) is 4. The topological polar surface area (TPSA) is 84.2 Å². The van der Waals surface area contributed by atoms with Crippen LogP contribution in [0.3, 0.4) is 0 Å². The van der Waals surface area contributed by atoms with Crippen molar-refractivity contribution in [2.45, 2.75) is 25.8 Å². The first kappa shape index (κ1) is 15.4. The molecule has 0 spiro atoms. The molecule has 0 saturated heterocycles. The molecule has 0 unspecified atom stereocenters. The minimum atomic E-state index is -0.248. The average molecular weight is 330 g/mol. The number of fused-ring (bicyclic) bond motifs is 1. The third kappa shape index (κ3) is 3.48. The molecule has 23 heavy (non-hydrogen) atoms. The summed E-state index contributed by atoms with van der Waals surface area (Å²) >= 11 is 1.59. The van der Waals surface area contributed by atoms with Crippen molar-refractivity contribution in [3.63, 3.8) is 0 Å². The molecule has 7 nitrogen and oxygen atoms in total. The van der Waals surface area contributed by atoms with Crippen molar-refractivity contribution in [3.8, 4) is 0 Å². The van der Waals surface area contributed by atoms with Gasteiger partial charge in [0.25, 0.3) is 0 Å². The third-order valence-electron chi connectivity index (χ3n) is 3.52. The van der Waals surface area contributed by atoms with Gasteiger partial charge in [-0.2, -0.15) is 0 Å². The Labute approximate surface area is 137 Å². The van der Waals surface area contributed by atoms with Gasteiger partial charge in [-0.3, -0.25) is 4.40 Å². The van der Waals surface area contributed by atoms with Gasteiger partial charge >= 0.3 is 6.03 Å². The molecule has 0 aliphatic heterocycles. The van der Waals surface area contributed by atoms with Gasteiger partial charge in [0.15, 0.2) is 11.5 Å². The highest BCUT2D eigenvalue weighted by Crippen LogP contribution is 2.16. The molecule has 0 radical (unpaired) electrons. The second-order valence-corrected chi connectivity index (χ2v) is 6.26. The fourth-order valence-electron chi connectivity index (χ4n) is 2.28. The molecule has 120 valence electrons. The van der Waals surface area contributed by atoms with E-state index in [2.05, 4.69) is 25.8 Å². The van der Waals surface area contributed by atoms with Gasteiger partial charge in [0.05, 0.1) is 11.0 Å². The van der Waals surface area contributed by atoms with Gasteiger partial charge in [0, 0.05) is 30.2 Å². The van der Waals surface area contributed by atoms with Crippen LogP contribution in [0.4, 0.5) is 4.79 Å². The normalized spacial score (nSPS) is 13.7. The van der Waals surface area contributed by atoms with Crippen LogP contribution in [0.2, 0.25) is 0 Å². The molecule has 2 amide bonds. The largest absolute Gasteiger partial charge is 0.337 e. The van der Waals surface area contributed by atoms with E-state index in [1.165, 1.54) is 0 Å². The van der Waals surface area contributed by atoms with Crippen LogP contribution in [0.15, 0.2) is 36.0 Å². The minimum Gasteiger partial charge on any atom is -0.337 e. The molecule has 0 aromatic carbocycles. The minimum absolute atomic E-state index is 0.185. The Morgan fingerprint density at radius 1 is 1.35 bits per heavy atom. The Hall–Kier alpha value is -2.48. The van der Waals surface area contributed by atoms with Crippen LogP contribution in [-0.2, 0) is 0 Å². The van der Waals surface area contributed by atoms with Gasteiger partial charge in [0.2, 0.25) is 0 Å². The van der Waals surface area contributed by atoms with Crippen molar-refractivity contribution in [1.82, 2.24) is 30.2 Å². The van der Waals surface area contributed by atoms with Crippen LogP contribution in [0.25, 0.3) is 5.65 Å². The van der Waals surface area contributed by atoms with Crippen LogP contribution >= 0.6 is 11.3 Å². The molecule has 8 heteroatoms. The van der Waals surface area contributed by atoms with Crippen LogP contribution in [0, 0.1) is 0 Å². The van der Waals surface area contributed by atoms with Crippen LogP contribution in [-0.4, -0.2) is 32.2 Å². The quantitative estimate of drug-likeness (QED) is 0.752. The lowest BCUT2D eigenvalue weighted by Crippen LogP contribution is -2.39. The third-order valence-corrected chi connectivity index (χ3v) is 4.52. The Bertz CT molecular complexity index is 784. The molecule has 2 atom stereocenters. The van der Waals surface area contributed by atoms with Crippen LogP contribution in [0.5, 0.6) is 0 Å². The van der Waals surface area contributed by atoms with E-state index in [9.17, 15) is 4.79 Å². The second-order valence-electron chi connectivity index (χ2n) is 5.33. The maximum absolute atomic E-state index is 12.1. The van der Waals surface area contributed by atoms with Crippen molar-refractivity contribution in [2.75, 3.05) is 6.54 Å². The highest BCUT2D eigenvalue weighted by Gasteiger charge is 2.16. The average Bonchev–Trinajstić information content (AvgIpc) is 3.21. The number of thiazole rings is 1. The van der Waals surface area contributed by atoms with Gasteiger partial charge in [-0.05, 0) is 19.1 Å². The SMILES string of the molecule is C[C@@H](CNC(=O)N[C@H](C)c1nnc2ccccn12)c1nccs1. The Morgan fingerprint density at radius 2 is 2.22 bits per heavy atom. The van der Waals surface area contributed by atoms with E-state index in [1.54, 1.807) is 17.5 Å². The van der Waals surface area contributed by atoms with E-state index in [1.807, 2.05) is 48.0 Å². The molecule has 3 aromatic rings. The van der Waals surface area contributed by atoms with Gasteiger partial charge in [-0.15, -0.1) is 21.5 Å². The first-order chi connectivity index (χ1) is 11.1. The zero-order valence-corrected chi connectivity index (χ0v) is 13.7. The molecule has 0 aliphatic rings. The van der Waals surface area contributed by atoms with Crippen molar-refractivity contribution >= 4 is 23.0 Å². The van der Waals surface area contributed by atoms with E-state index >= 15 is 0 Å². The lowest BCUT2D eigenvalue weighted by atomic mass is 10.2. The van der Waals surface area contributed by atoms with Crippen molar-refractivity contribution in [3.05, 3.63) is 46.8 Å². The molecule has 2 N–H and O–H groups in total. The maximum atomic E-state index is 12.1. The van der Waals surface area contributed by atoms with E-state index in [4.69, 9.17) is 0 Å². The van der Waals surface area contributed by atoms with E-state index < -0.39 is 0 Å². The number of rotatable bonds is 5. The number of carbonyl (C=O) groups is 1. The predicted molar refractivity (Wildman–Crippen MR) is 88.5 cm³/mol. The molecule has 3 rings (SSSR count). The van der Waals surface area contributed by atoms with Gasteiger partial charge in [0.1, 0.15) is 0 Å². The monoisotopic (exact) mass is 330 g/mol. The summed E-state index contributed by atoms with van der Waals surface area (Å²) in [4.78, 5) is 16.3. The number of pyridine rings is 1. The van der Waals surface area contributed by atoms with Gasteiger partial charge in [-0.1, -0.05) is 13.0 Å². The summed E-state index contributed by atoms with van der Waals surface area (Å²) < 4.78 is 1.86. The zero-order valence-electron chi connectivity index (χ0n) is 12.9. The van der Waals surface area contributed by atoms with Crippen LogP contribution < -0.4 is 10.6 Å². The Kier molecular flexibility index (Phi) is 4.52. The number of urea groups is 1. The van der Waals surface area contributed by atoms with Gasteiger partial charge in [-0.25, -0.2) is 9.78 Å². The summed E-state index contributed by atoms with van der Waals surface area (Å²) in [6.07, 6.45) is 3.65. The Morgan fingerprint density at radius 3 is 3.00 bits per heavy atom. The molecule has 0 bridgehead atoms. The summed E-state index contributed by atoms with van der Waals surface area (Å²) in [5, 5.41) is 16.9. The molecular weight excluding hydrogens is 312 g/mol. The number of nitrogens with one attached hydrogen (secondary N) is 2. The van der Waals surface area contributed by atoms with Crippen molar-refractivity contribution in [2.24, 2.45) is 0 Å². The maximum Gasteiger partial charge on any atom is 0.315 e. The summed E-state index contributed by atoms with van der Waals surface area (Å²) in [6.45, 7) is 4.45. The van der Waals surface area contributed by atoms with Gasteiger partial charge < -0.3 is 10.6 Å². The summed E-state index contributed by atoms with van der Waals surface area (Å²) in [6, 6.07) is 5.20. The number of hydrogen-bond donors (Lipinski definition) is 2. The number of aromatic nitrogens is 4. The number of hydrogen-bond acceptors (Lipinski definition) is 5. The number of amides is 2. The molecule has 0 aliphatic carbocycles. The highest BCUT2D eigenvalue weighted by atomic mass is 32.1. The fourth-order valence-corrected chi connectivity index (χ4v) is 2.98. The predicted octanol–water partition coefficient (Wildman–Crippen LogP) is 2.35. The standard InChI is InChI=1S/C15H18N6OS/c1-10(14-16-6-8-23-14)9-17-15(22)18-11(2)13-20-19-12-5-3-4-7-21(12)13/h3-8,10-11H,9H2,1-2H3,(H2,17,18,22)/t10-,11+/m0/s1. The highest BCUT2D eigenvalue weighted by molar-refractivity contribution is 7.09. The summed E-state index contributed by atoms with van der Waals surface area (Å²) in [5.41, 5.74) is 0.758. The zero-order chi connectivity index (χ0) is 16.2. The summed E-state index contributed by atoms with van der Waals surface area (Å²) in [5.74, 6) is 0.883. The molecule has 0 saturated carbocycles. The lowest BCUT2D eigenvalue weighted by molar-refractivity contribution is 0.237. The lowest BCUT2D eigenvalue weighted by Gasteiger charge is -2.15. The smallest absolute Gasteiger partial charge is 0.315 e. The molecule has 3 aromatic heterocycles. The molecule has 3 heterocycles. The first-order valence-corrected chi connectivity index (χ1v) is 8.26. The van der Waals surface area contributed by atoms with E-state index in [0.29, 0.717) is 12.4 Å². The Balaban J connectivity index is 1.57. The summed E-state index contributed by atoms with van der Waals surface area (Å²) in [7, 11) is 0. The van der Waals surface area contributed by atoms with Crippen LogP contribution in [0.1, 0.15) is 36.6 Å². The first-order valence-electron chi connectivity index (χ1n) is 7.38. The molecular formula is C15H18N6OS. The van der Waals surface area contributed by atoms with Crippen molar-refractivity contribution < 1.29 is 4.79 Å². The van der Waals surface area contributed by atoms with E-state index in [-0.39, 0.29) is 18.0 Å². The second kappa shape index (κ2) is 6.74. The molecule has 0 fully saturated rings.